The molecule has 7 N–H and O–H groups in total. The van der Waals surface area contributed by atoms with Crippen LogP contribution in [0.3, 0.4) is 0 Å². The molecule has 4 unspecified atom stereocenters. The van der Waals surface area contributed by atoms with Crippen LogP contribution < -0.4 is 22.1 Å². The first kappa shape index (κ1) is 28.3. The van der Waals surface area contributed by atoms with E-state index in [1.165, 1.54) is 4.90 Å². The monoisotopic (exact) mass is 523 g/mol. The van der Waals surface area contributed by atoms with E-state index in [9.17, 15) is 29.1 Å². The third-order valence-electron chi connectivity index (χ3n) is 6.39. The van der Waals surface area contributed by atoms with E-state index in [0.29, 0.717) is 12.8 Å². The highest BCUT2D eigenvalue weighted by molar-refractivity contribution is 5.95. The van der Waals surface area contributed by atoms with Gasteiger partial charge in [-0.1, -0.05) is 60.7 Å². The predicted molar refractivity (Wildman–Crippen MR) is 138 cm³/mol. The first-order valence-electron chi connectivity index (χ1n) is 12.4. The summed E-state index contributed by atoms with van der Waals surface area (Å²) in [6.45, 7) is 0.275. The number of hydrogen-bond donors (Lipinski definition) is 5. The highest BCUT2D eigenvalue weighted by Gasteiger charge is 2.38. The maximum Gasteiger partial charge on any atom is 0.326 e. The number of hydrogen-bond acceptors (Lipinski definition) is 6. The minimum Gasteiger partial charge on any atom is -0.480 e. The van der Waals surface area contributed by atoms with Gasteiger partial charge in [-0.05, 0) is 24.0 Å². The first-order chi connectivity index (χ1) is 18.2. The van der Waals surface area contributed by atoms with Crippen molar-refractivity contribution in [2.45, 2.75) is 56.3 Å². The molecule has 0 aromatic heterocycles. The molecule has 1 aliphatic heterocycles. The van der Waals surface area contributed by atoms with Crippen LogP contribution in [-0.4, -0.2) is 70.3 Å². The summed E-state index contributed by atoms with van der Waals surface area (Å²) in [5.41, 5.74) is 12.5. The Morgan fingerprint density at radius 3 is 1.97 bits per heavy atom. The first-order valence-corrected chi connectivity index (χ1v) is 12.4. The number of rotatable bonds is 12. The number of nitrogens with two attached hydrogens (primary N) is 2. The number of nitrogens with zero attached hydrogens (tertiary/aromatic N) is 1. The summed E-state index contributed by atoms with van der Waals surface area (Å²) in [5.74, 6) is -3.73. The number of benzene rings is 2. The largest absolute Gasteiger partial charge is 0.480 e. The number of carboxylic acids is 1. The zero-order valence-corrected chi connectivity index (χ0v) is 20.9. The summed E-state index contributed by atoms with van der Waals surface area (Å²) < 4.78 is 0. The lowest BCUT2D eigenvalue weighted by Gasteiger charge is -2.28. The number of amides is 4. The molecule has 4 atom stereocenters. The fourth-order valence-electron chi connectivity index (χ4n) is 4.47. The summed E-state index contributed by atoms with van der Waals surface area (Å²) in [6, 6.07) is 13.5. The molecule has 38 heavy (non-hydrogen) atoms. The lowest BCUT2D eigenvalue weighted by atomic mass is 10.0. The lowest BCUT2D eigenvalue weighted by molar-refractivity contribution is -0.143. The number of primary amides is 1. The van der Waals surface area contributed by atoms with Crippen LogP contribution in [0.5, 0.6) is 0 Å². The van der Waals surface area contributed by atoms with E-state index in [1.807, 2.05) is 6.07 Å². The normalized spacial score (nSPS) is 17.2. The van der Waals surface area contributed by atoms with Gasteiger partial charge in [-0.25, -0.2) is 4.79 Å². The van der Waals surface area contributed by atoms with Gasteiger partial charge in [0.1, 0.15) is 18.1 Å². The van der Waals surface area contributed by atoms with Crippen molar-refractivity contribution < 1.29 is 29.1 Å². The van der Waals surface area contributed by atoms with Crippen LogP contribution >= 0.6 is 0 Å². The summed E-state index contributed by atoms with van der Waals surface area (Å²) in [5, 5.41) is 15.0. The van der Waals surface area contributed by atoms with Crippen molar-refractivity contribution in [2.24, 2.45) is 11.5 Å². The van der Waals surface area contributed by atoms with Crippen LogP contribution in [0.15, 0.2) is 60.7 Å². The lowest BCUT2D eigenvalue weighted by Crippen LogP contribution is -2.57. The van der Waals surface area contributed by atoms with Gasteiger partial charge in [-0.15, -0.1) is 0 Å². The zero-order chi connectivity index (χ0) is 27.7. The third-order valence-corrected chi connectivity index (χ3v) is 6.39. The second-order valence-electron chi connectivity index (χ2n) is 9.31. The van der Waals surface area contributed by atoms with Gasteiger partial charge in [-0.2, -0.15) is 0 Å². The number of nitrogens with one attached hydrogen (secondary N) is 2. The highest BCUT2D eigenvalue weighted by Crippen LogP contribution is 2.19. The van der Waals surface area contributed by atoms with E-state index in [-0.39, 0.29) is 25.8 Å². The minimum atomic E-state index is -1.21. The molecular weight excluding hydrogens is 490 g/mol. The Morgan fingerprint density at radius 1 is 0.895 bits per heavy atom. The van der Waals surface area contributed by atoms with Crippen LogP contribution in [-0.2, 0) is 36.8 Å². The SMILES string of the molecule is NC(=O)CC(N)C(=O)N1CCCC1C(=O)NC(Cc1ccccc1)C(=O)NC(Cc1ccccc1)C(=O)O. The molecule has 0 bridgehead atoms. The van der Waals surface area contributed by atoms with E-state index in [2.05, 4.69) is 10.6 Å². The average molecular weight is 524 g/mol. The Bertz CT molecular complexity index is 1140. The molecule has 0 radical (unpaired) electrons. The molecule has 202 valence electrons. The average Bonchev–Trinajstić information content (AvgIpc) is 3.38. The molecule has 0 saturated carbocycles. The van der Waals surface area contributed by atoms with Crippen LogP contribution in [0.1, 0.15) is 30.4 Å². The number of aliphatic carboxylic acids is 1. The Morgan fingerprint density at radius 2 is 1.45 bits per heavy atom. The van der Waals surface area contributed by atoms with Crippen molar-refractivity contribution in [1.29, 1.82) is 0 Å². The quantitative estimate of drug-likeness (QED) is 0.253. The third kappa shape index (κ3) is 7.87. The van der Waals surface area contributed by atoms with E-state index in [0.717, 1.165) is 11.1 Å². The van der Waals surface area contributed by atoms with Gasteiger partial charge in [0.15, 0.2) is 0 Å². The molecule has 0 aliphatic carbocycles. The smallest absolute Gasteiger partial charge is 0.326 e. The Kier molecular flexibility index (Phi) is 9.94. The van der Waals surface area contributed by atoms with Gasteiger partial charge < -0.3 is 32.1 Å². The summed E-state index contributed by atoms with van der Waals surface area (Å²) in [6.07, 6.45) is 0.725. The predicted octanol–water partition coefficient (Wildman–Crippen LogP) is -0.280. The zero-order valence-electron chi connectivity index (χ0n) is 20.9. The highest BCUT2D eigenvalue weighted by atomic mass is 16.4. The maximum atomic E-state index is 13.3. The molecule has 2 aromatic rings. The van der Waals surface area contributed by atoms with Crippen molar-refractivity contribution >= 4 is 29.6 Å². The second kappa shape index (κ2) is 13.3. The van der Waals surface area contributed by atoms with E-state index in [4.69, 9.17) is 11.5 Å². The molecule has 11 heteroatoms. The van der Waals surface area contributed by atoms with Gasteiger partial charge in [0.2, 0.25) is 23.6 Å². The Balaban J connectivity index is 1.76. The van der Waals surface area contributed by atoms with Crippen molar-refractivity contribution in [1.82, 2.24) is 15.5 Å². The Labute approximate surface area is 220 Å². The van der Waals surface area contributed by atoms with Crippen molar-refractivity contribution in [3.8, 4) is 0 Å². The topological polar surface area (TPSA) is 185 Å². The standard InChI is InChI=1S/C27H33N5O6/c28-19(16-23(29)33)26(36)32-13-7-12-22(32)25(35)30-20(14-17-8-3-1-4-9-17)24(34)31-21(27(37)38)15-18-10-5-2-6-11-18/h1-6,8-11,19-22H,7,12-16,28H2,(H2,29,33)(H,30,35)(H,31,34)(H,37,38). The molecule has 2 aromatic carbocycles. The number of likely N-dealkylation sites (tertiary alicyclic amines) is 1. The van der Waals surface area contributed by atoms with Crippen molar-refractivity contribution in [3.63, 3.8) is 0 Å². The van der Waals surface area contributed by atoms with Crippen LogP contribution in [0.25, 0.3) is 0 Å². The van der Waals surface area contributed by atoms with E-state index in [1.54, 1.807) is 54.6 Å². The van der Waals surface area contributed by atoms with Gasteiger partial charge in [0.25, 0.3) is 0 Å². The molecule has 4 amide bonds. The molecule has 1 fully saturated rings. The molecule has 1 aliphatic rings. The molecule has 3 rings (SSSR count). The van der Waals surface area contributed by atoms with Gasteiger partial charge in [-0.3, -0.25) is 19.2 Å². The molecule has 1 saturated heterocycles. The van der Waals surface area contributed by atoms with E-state index >= 15 is 0 Å². The fourth-order valence-corrected chi connectivity index (χ4v) is 4.47. The van der Waals surface area contributed by atoms with Crippen LogP contribution in [0.2, 0.25) is 0 Å². The summed E-state index contributed by atoms with van der Waals surface area (Å²) in [7, 11) is 0. The molecule has 11 nitrogen and oxygen atoms in total. The van der Waals surface area contributed by atoms with Gasteiger partial charge in [0.05, 0.1) is 12.5 Å². The Hall–Kier alpha value is -4.25. The summed E-state index contributed by atoms with van der Waals surface area (Å²) in [4.78, 5) is 63.8. The van der Waals surface area contributed by atoms with Gasteiger partial charge >= 0.3 is 5.97 Å². The van der Waals surface area contributed by atoms with Crippen molar-refractivity contribution in [3.05, 3.63) is 71.8 Å². The molecular formula is C27H33N5O6. The van der Waals surface area contributed by atoms with Crippen LogP contribution in [0.4, 0.5) is 0 Å². The summed E-state index contributed by atoms with van der Waals surface area (Å²) >= 11 is 0. The molecule has 1 heterocycles. The van der Waals surface area contributed by atoms with Crippen LogP contribution in [0, 0.1) is 0 Å². The number of carbonyl (C=O) groups is 5. The maximum absolute atomic E-state index is 13.3. The number of carbonyl (C=O) groups excluding carboxylic acids is 4. The second-order valence-corrected chi connectivity index (χ2v) is 9.31. The number of carboxylic acid groups (broad SMARTS) is 1. The minimum absolute atomic E-state index is 0.0660. The van der Waals surface area contributed by atoms with Crippen molar-refractivity contribution in [2.75, 3.05) is 6.54 Å². The van der Waals surface area contributed by atoms with Gasteiger partial charge in [0, 0.05) is 19.4 Å². The van der Waals surface area contributed by atoms with E-state index < -0.39 is 53.8 Å². The molecule has 0 spiro atoms. The fraction of sp³-hybridized carbons (Fsp3) is 0.370.